The molecule has 2 amide bonds. The highest BCUT2D eigenvalue weighted by molar-refractivity contribution is 7.16. The highest BCUT2D eigenvalue weighted by Gasteiger charge is 2.40. The van der Waals surface area contributed by atoms with Gasteiger partial charge in [-0.15, -0.1) is 34.5 Å². The molecule has 4 heterocycles. The number of halogens is 2. The first-order chi connectivity index (χ1) is 24.7. The Kier molecular flexibility index (Phi) is 9.08. The number of ether oxygens (including phenoxy) is 2. The number of hydrogen-bond donors (Lipinski definition) is 4. The van der Waals surface area contributed by atoms with Crippen molar-refractivity contribution in [1.29, 1.82) is 0 Å². The summed E-state index contributed by atoms with van der Waals surface area (Å²) in [5.74, 6) is 0.156. The standard InChI is InChI=1S/C38H34Cl2N2O8S/c39-14-19-16-41(25-11-27(44)21-5-1-3-7-23(21)34(19)25)37(47)31-9-10-32(51-31)38(48)42-17-20(15-40)35-24-8-4-2-6-22(24)29(12-26(35)42)49-33-13-28(45)36(46)30(18-43)50-33/h1-12,19-20,28,30,33,36,43-46H,13-18H2/t19-,20-,28-,30-,33-,36-/m1/s1. The summed E-state index contributed by atoms with van der Waals surface area (Å²) in [6.07, 6.45) is -4.41. The van der Waals surface area contributed by atoms with Crippen LogP contribution in [0.2, 0.25) is 0 Å². The van der Waals surface area contributed by atoms with Crippen LogP contribution in [-0.2, 0) is 4.74 Å². The minimum atomic E-state index is -1.25. The fourth-order valence-electron chi connectivity index (χ4n) is 7.69. The third-order valence-corrected chi connectivity index (χ3v) is 11.9. The Morgan fingerprint density at radius 3 is 1.90 bits per heavy atom. The molecular weight excluding hydrogens is 715 g/mol. The molecule has 1 aromatic heterocycles. The average molecular weight is 750 g/mol. The monoisotopic (exact) mass is 748 g/mol. The van der Waals surface area contributed by atoms with E-state index in [4.69, 9.17) is 32.7 Å². The van der Waals surface area contributed by atoms with Crippen molar-refractivity contribution in [2.75, 3.05) is 41.3 Å². The van der Waals surface area contributed by atoms with Crippen LogP contribution in [0.1, 0.15) is 48.7 Å². The molecule has 4 N–H and O–H groups in total. The second kappa shape index (κ2) is 13.6. The molecule has 3 aliphatic heterocycles. The van der Waals surface area contributed by atoms with Gasteiger partial charge in [0.25, 0.3) is 11.8 Å². The summed E-state index contributed by atoms with van der Waals surface area (Å²) < 4.78 is 12.0. The van der Waals surface area contributed by atoms with Crippen LogP contribution in [0.15, 0.2) is 72.8 Å². The van der Waals surface area contributed by atoms with Crippen molar-refractivity contribution in [3.05, 3.63) is 93.7 Å². The van der Waals surface area contributed by atoms with Crippen molar-refractivity contribution >= 4 is 79.3 Å². The quantitative estimate of drug-likeness (QED) is 0.150. The third kappa shape index (κ3) is 5.72. The number of thiophene rings is 1. The van der Waals surface area contributed by atoms with Crippen LogP contribution in [0.3, 0.4) is 0 Å². The Morgan fingerprint density at radius 2 is 1.33 bits per heavy atom. The number of aliphatic hydroxyl groups is 3. The number of hydrogen-bond acceptors (Lipinski definition) is 9. The molecule has 4 aromatic carbocycles. The molecule has 13 heteroatoms. The van der Waals surface area contributed by atoms with Crippen molar-refractivity contribution in [3.63, 3.8) is 0 Å². The first-order valence-corrected chi connectivity index (χ1v) is 18.6. The lowest BCUT2D eigenvalue weighted by molar-refractivity contribution is -0.229. The number of alkyl halides is 2. The van der Waals surface area contributed by atoms with Crippen molar-refractivity contribution in [1.82, 2.24) is 0 Å². The molecule has 6 atom stereocenters. The van der Waals surface area contributed by atoms with Crippen LogP contribution in [0.4, 0.5) is 11.4 Å². The van der Waals surface area contributed by atoms with Gasteiger partial charge in [-0.1, -0.05) is 48.5 Å². The molecule has 10 nitrogen and oxygen atoms in total. The Hall–Kier alpha value is -3.94. The molecule has 51 heavy (non-hydrogen) atoms. The van der Waals surface area contributed by atoms with Gasteiger partial charge < -0.3 is 39.7 Å². The number of rotatable bonds is 7. The molecule has 0 radical (unpaired) electrons. The van der Waals surface area contributed by atoms with Gasteiger partial charge in [0, 0.05) is 66.0 Å². The number of nitrogens with zero attached hydrogens (tertiary/aromatic N) is 2. The van der Waals surface area contributed by atoms with Crippen molar-refractivity contribution in [3.8, 4) is 11.5 Å². The number of carbonyl (C=O) groups excluding carboxylic acids is 2. The van der Waals surface area contributed by atoms with E-state index in [0.717, 1.165) is 38.6 Å². The lowest BCUT2D eigenvalue weighted by Gasteiger charge is -2.36. The number of benzene rings is 4. The molecule has 8 rings (SSSR count). The summed E-state index contributed by atoms with van der Waals surface area (Å²) >= 11 is 14.0. The number of amides is 2. The summed E-state index contributed by atoms with van der Waals surface area (Å²) in [7, 11) is 0. The number of carbonyl (C=O) groups is 2. The van der Waals surface area contributed by atoms with E-state index in [9.17, 15) is 30.0 Å². The van der Waals surface area contributed by atoms with E-state index < -0.39 is 31.2 Å². The van der Waals surface area contributed by atoms with Gasteiger partial charge in [0.15, 0.2) is 0 Å². The van der Waals surface area contributed by atoms with Crippen LogP contribution in [0.5, 0.6) is 11.5 Å². The van der Waals surface area contributed by atoms with E-state index in [1.54, 1.807) is 34.1 Å². The summed E-state index contributed by atoms with van der Waals surface area (Å²) in [6, 6.07) is 21.8. The Balaban J connectivity index is 1.11. The second-order valence-corrected chi connectivity index (χ2v) is 14.8. The molecular formula is C38H34Cl2N2O8S. The van der Waals surface area contributed by atoms with Crippen LogP contribution in [0.25, 0.3) is 21.5 Å². The molecule has 0 aliphatic carbocycles. The van der Waals surface area contributed by atoms with E-state index in [-0.39, 0.29) is 41.7 Å². The van der Waals surface area contributed by atoms with Crippen molar-refractivity contribution in [2.24, 2.45) is 0 Å². The van der Waals surface area contributed by atoms with E-state index in [2.05, 4.69) is 0 Å². The molecule has 264 valence electrons. The number of fused-ring (bicyclic) bond motifs is 6. The summed E-state index contributed by atoms with van der Waals surface area (Å²) in [5.41, 5.74) is 3.03. The van der Waals surface area contributed by atoms with Crippen LogP contribution < -0.4 is 14.5 Å². The second-order valence-electron chi connectivity index (χ2n) is 13.1. The normalized spacial score (nSPS) is 24.3. The van der Waals surface area contributed by atoms with Gasteiger partial charge in [-0.25, -0.2) is 0 Å². The van der Waals surface area contributed by atoms with Crippen LogP contribution >= 0.6 is 34.5 Å². The molecule has 0 spiro atoms. The topological polar surface area (TPSA) is 140 Å². The molecule has 3 aliphatic rings. The molecule has 0 unspecified atom stereocenters. The summed E-state index contributed by atoms with van der Waals surface area (Å²) in [4.78, 5) is 32.3. The third-order valence-electron chi connectivity index (χ3n) is 10.1. The lowest BCUT2D eigenvalue weighted by atomic mass is 9.95. The predicted molar refractivity (Wildman–Crippen MR) is 197 cm³/mol. The minimum absolute atomic E-state index is 0.0228. The van der Waals surface area contributed by atoms with Gasteiger partial charge in [0.05, 0.1) is 33.8 Å². The lowest BCUT2D eigenvalue weighted by Crippen LogP contribution is -2.51. The molecule has 0 saturated carbocycles. The van der Waals surface area contributed by atoms with Gasteiger partial charge in [-0.05, 0) is 34.0 Å². The van der Waals surface area contributed by atoms with Crippen molar-refractivity contribution in [2.45, 2.75) is 42.9 Å². The molecule has 0 bridgehead atoms. The number of anilines is 2. The molecule has 5 aromatic rings. The van der Waals surface area contributed by atoms with Gasteiger partial charge >= 0.3 is 0 Å². The Morgan fingerprint density at radius 1 is 0.804 bits per heavy atom. The van der Waals surface area contributed by atoms with E-state index in [1.165, 1.54) is 0 Å². The molecule has 1 fully saturated rings. The largest absolute Gasteiger partial charge is 0.507 e. The van der Waals surface area contributed by atoms with Gasteiger partial charge in [-0.2, -0.15) is 0 Å². The average Bonchev–Trinajstić information content (AvgIpc) is 3.89. The zero-order valence-electron chi connectivity index (χ0n) is 27.1. The zero-order chi connectivity index (χ0) is 35.6. The first-order valence-electron chi connectivity index (χ1n) is 16.7. The van der Waals surface area contributed by atoms with Crippen LogP contribution in [0, 0.1) is 0 Å². The van der Waals surface area contributed by atoms with E-state index >= 15 is 0 Å². The fraction of sp³-hybridized carbons (Fsp3) is 0.316. The van der Waals surface area contributed by atoms with E-state index in [1.807, 2.05) is 48.5 Å². The van der Waals surface area contributed by atoms with Gasteiger partial charge in [0.2, 0.25) is 6.29 Å². The fourth-order valence-corrected chi connectivity index (χ4v) is 9.10. The highest BCUT2D eigenvalue weighted by atomic mass is 35.5. The predicted octanol–water partition coefficient (Wildman–Crippen LogP) is 5.93. The van der Waals surface area contributed by atoms with E-state index in [0.29, 0.717) is 51.2 Å². The smallest absolute Gasteiger partial charge is 0.268 e. The summed E-state index contributed by atoms with van der Waals surface area (Å²) in [6.45, 7) is 0.163. The maximum atomic E-state index is 14.3. The Bertz CT molecular complexity index is 2180. The van der Waals surface area contributed by atoms with Crippen molar-refractivity contribution < 1.29 is 39.5 Å². The van der Waals surface area contributed by atoms with Crippen LogP contribution in [-0.4, -0.2) is 88.3 Å². The number of phenols is 1. The summed E-state index contributed by atoms with van der Waals surface area (Å²) in [5, 5.41) is 44.3. The first kappa shape index (κ1) is 34.2. The maximum Gasteiger partial charge on any atom is 0.268 e. The number of aliphatic hydroxyl groups excluding tert-OH is 3. The SMILES string of the molecule is O=C(c1ccc(C(=O)N2C[C@@H](CCl)c3c2cc(O[C@H]2C[C@@H](O)[C@@H](O)[C@@H](CO)O2)c2ccccc32)s1)N1C[C@@H](CCl)c2c1cc(O)c1ccccc21. The Labute approximate surface area is 306 Å². The number of phenolic OH excluding ortho intramolecular Hbond substituents is 1. The van der Waals surface area contributed by atoms with Gasteiger partial charge in [0.1, 0.15) is 23.7 Å². The maximum absolute atomic E-state index is 14.3. The zero-order valence-corrected chi connectivity index (χ0v) is 29.4. The van der Waals surface area contributed by atoms with Gasteiger partial charge in [-0.3, -0.25) is 9.59 Å². The highest BCUT2D eigenvalue weighted by Crippen LogP contribution is 2.48. The molecule has 1 saturated heterocycles. The minimum Gasteiger partial charge on any atom is -0.507 e. The number of aromatic hydroxyl groups is 1.